The molecule has 2 N–H and O–H groups in total. The number of ether oxygens (including phenoxy) is 1. The average molecular weight is 298 g/mol. The average Bonchev–Trinajstić information content (AvgIpc) is 2.76. The van der Waals surface area contributed by atoms with Crippen LogP contribution in [0.15, 0.2) is 28.7 Å². The normalized spacial score (nSPS) is 10.2. The third-order valence-electron chi connectivity index (χ3n) is 2.02. The van der Waals surface area contributed by atoms with Crippen molar-refractivity contribution in [3.05, 3.63) is 40.0 Å². The van der Waals surface area contributed by atoms with Crippen molar-refractivity contribution in [3.63, 3.8) is 0 Å². The van der Waals surface area contributed by atoms with Gasteiger partial charge in [-0.3, -0.25) is 0 Å². The van der Waals surface area contributed by atoms with Gasteiger partial charge in [0.2, 0.25) is 11.6 Å². The lowest BCUT2D eigenvalue weighted by Gasteiger charge is -2.03. The molecule has 1 heterocycles. The van der Waals surface area contributed by atoms with Crippen LogP contribution in [0.25, 0.3) is 0 Å². The van der Waals surface area contributed by atoms with Gasteiger partial charge in [0, 0.05) is 4.47 Å². The van der Waals surface area contributed by atoms with Crippen molar-refractivity contribution >= 4 is 21.9 Å². The molecule has 88 valence electrons. The van der Waals surface area contributed by atoms with Gasteiger partial charge in [0.1, 0.15) is 6.61 Å². The van der Waals surface area contributed by atoms with Gasteiger partial charge < -0.3 is 9.84 Å². The zero-order chi connectivity index (χ0) is 12.3. The minimum atomic E-state index is -1.18. The second kappa shape index (κ2) is 4.96. The predicted octanol–water partition coefficient (Wildman–Crippen LogP) is 1.84. The number of hydrogen-bond acceptors (Lipinski definition) is 4. The van der Waals surface area contributed by atoms with E-state index in [2.05, 4.69) is 31.3 Å². The highest BCUT2D eigenvalue weighted by molar-refractivity contribution is 9.10. The molecule has 0 amide bonds. The fourth-order valence-corrected chi connectivity index (χ4v) is 1.46. The molecular weight excluding hydrogens is 290 g/mol. The van der Waals surface area contributed by atoms with E-state index in [0.29, 0.717) is 0 Å². The zero-order valence-electron chi connectivity index (χ0n) is 8.55. The Morgan fingerprint density at radius 3 is 2.76 bits per heavy atom. The summed E-state index contributed by atoms with van der Waals surface area (Å²) in [5.41, 5.74) is 0.696. The third kappa shape index (κ3) is 2.82. The van der Waals surface area contributed by atoms with Gasteiger partial charge in [0.25, 0.3) is 0 Å². The highest BCUT2D eigenvalue weighted by atomic mass is 79.9. The standard InChI is InChI=1S/C10H8BrN3O3/c11-7-3-1-6(2-4-7)5-17-9-8(10(15)16)12-14-13-9/h1-4H,5H2,(H,15,16)(H,12,13,14). The number of carboxylic acids is 1. The molecule has 0 aliphatic carbocycles. The summed E-state index contributed by atoms with van der Waals surface area (Å²) in [6.45, 7) is 0.247. The quantitative estimate of drug-likeness (QED) is 0.899. The molecule has 0 aliphatic rings. The van der Waals surface area contributed by atoms with Crippen LogP contribution in [0.2, 0.25) is 0 Å². The fourth-order valence-electron chi connectivity index (χ4n) is 1.20. The van der Waals surface area contributed by atoms with Gasteiger partial charge in [-0.05, 0) is 17.7 Å². The third-order valence-corrected chi connectivity index (χ3v) is 2.54. The van der Waals surface area contributed by atoms with E-state index in [1.165, 1.54) is 0 Å². The number of hydrogen-bond donors (Lipinski definition) is 2. The second-order valence-electron chi connectivity index (χ2n) is 3.21. The molecule has 17 heavy (non-hydrogen) atoms. The Bertz CT molecular complexity index is 524. The fraction of sp³-hybridized carbons (Fsp3) is 0.100. The summed E-state index contributed by atoms with van der Waals surface area (Å²) < 4.78 is 6.26. The van der Waals surface area contributed by atoms with Crippen LogP contribution >= 0.6 is 15.9 Å². The summed E-state index contributed by atoms with van der Waals surface area (Å²) in [5.74, 6) is -1.12. The molecule has 0 spiro atoms. The summed E-state index contributed by atoms with van der Waals surface area (Å²) in [5, 5.41) is 18.0. The van der Waals surface area contributed by atoms with Crippen molar-refractivity contribution in [2.75, 3.05) is 0 Å². The smallest absolute Gasteiger partial charge is 0.362 e. The van der Waals surface area contributed by atoms with E-state index in [-0.39, 0.29) is 18.2 Å². The molecule has 0 saturated heterocycles. The van der Waals surface area contributed by atoms with Gasteiger partial charge in [0.05, 0.1) is 0 Å². The lowest BCUT2D eigenvalue weighted by molar-refractivity contribution is 0.0685. The number of carbonyl (C=O) groups is 1. The first-order valence-electron chi connectivity index (χ1n) is 4.68. The molecule has 1 aromatic carbocycles. The molecule has 0 fully saturated rings. The number of aromatic carboxylic acids is 1. The van der Waals surface area contributed by atoms with E-state index >= 15 is 0 Å². The van der Waals surface area contributed by atoms with Crippen molar-refractivity contribution in [1.29, 1.82) is 0 Å². The number of carboxylic acid groups (broad SMARTS) is 1. The highest BCUT2D eigenvalue weighted by Crippen LogP contribution is 2.15. The Kier molecular flexibility index (Phi) is 3.38. The van der Waals surface area contributed by atoms with Crippen LogP contribution in [-0.4, -0.2) is 26.5 Å². The summed E-state index contributed by atoms with van der Waals surface area (Å²) in [7, 11) is 0. The largest absolute Gasteiger partial charge is 0.476 e. The highest BCUT2D eigenvalue weighted by Gasteiger charge is 2.15. The molecular formula is C10H8BrN3O3. The summed E-state index contributed by atoms with van der Waals surface area (Å²) in [4.78, 5) is 10.7. The maximum atomic E-state index is 10.7. The molecule has 0 bridgehead atoms. The van der Waals surface area contributed by atoms with Crippen LogP contribution in [0, 0.1) is 0 Å². The monoisotopic (exact) mass is 297 g/mol. The Morgan fingerprint density at radius 1 is 1.41 bits per heavy atom. The number of H-pyrrole nitrogens is 1. The first-order chi connectivity index (χ1) is 8.16. The molecule has 2 rings (SSSR count). The lowest BCUT2D eigenvalue weighted by atomic mass is 10.2. The first-order valence-corrected chi connectivity index (χ1v) is 5.47. The Balaban J connectivity index is 2.05. The number of rotatable bonds is 4. The molecule has 0 aliphatic heterocycles. The minimum Gasteiger partial charge on any atom is -0.476 e. The van der Waals surface area contributed by atoms with Crippen LogP contribution in [-0.2, 0) is 6.61 Å². The van der Waals surface area contributed by atoms with Crippen molar-refractivity contribution < 1.29 is 14.6 Å². The van der Waals surface area contributed by atoms with E-state index in [0.717, 1.165) is 10.0 Å². The van der Waals surface area contributed by atoms with E-state index in [1.807, 2.05) is 24.3 Å². The Hall–Kier alpha value is -1.89. The Labute approximate surface area is 105 Å². The minimum absolute atomic E-state index is 0.0559. The molecule has 1 aromatic heterocycles. The van der Waals surface area contributed by atoms with Gasteiger partial charge in [-0.2, -0.15) is 0 Å². The lowest BCUT2D eigenvalue weighted by Crippen LogP contribution is -2.03. The van der Waals surface area contributed by atoms with Crippen LogP contribution in [0.3, 0.4) is 0 Å². The summed E-state index contributed by atoms with van der Waals surface area (Å²) in [6.07, 6.45) is 0. The molecule has 2 aromatic rings. The number of nitrogens with one attached hydrogen (secondary N) is 1. The van der Waals surface area contributed by atoms with Gasteiger partial charge in [0.15, 0.2) is 0 Å². The van der Waals surface area contributed by atoms with Gasteiger partial charge in [-0.1, -0.05) is 33.3 Å². The predicted molar refractivity (Wildman–Crippen MR) is 61.8 cm³/mol. The molecule has 0 unspecified atom stereocenters. The van der Waals surface area contributed by atoms with Gasteiger partial charge >= 0.3 is 5.97 Å². The van der Waals surface area contributed by atoms with Gasteiger partial charge in [-0.15, -0.1) is 5.10 Å². The van der Waals surface area contributed by atoms with Crippen LogP contribution in [0.1, 0.15) is 16.1 Å². The second-order valence-corrected chi connectivity index (χ2v) is 4.13. The van der Waals surface area contributed by atoms with Crippen LogP contribution in [0.4, 0.5) is 0 Å². The van der Waals surface area contributed by atoms with E-state index < -0.39 is 5.97 Å². The summed E-state index contributed by atoms with van der Waals surface area (Å²) in [6, 6.07) is 7.49. The molecule has 7 heteroatoms. The van der Waals surface area contributed by atoms with Crippen molar-refractivity contribution in [1.82, 2.24) is 15.4 Å². The van der Waals surface area contributed by atoms with Crippen molar-refractivity contribution in [2.24, 2.45) is 0 Å². The number of aromatic amines is 1. The SMILES string of the molecule is O=C(O)c1nn[nH]c1OCc1ccc(Br)cc1. The summed E-state index contributed by atoms with van der Waals surface area (Å²) >= 11 is 3.32. The Morgan fingerprint density at radius 2 is 2.12 bits per heavy atom. The molecule has 0 atom stereocenters. The van der Waals surface area contributed by atoms with Crippen LogP contribution < -0.4 is 4.74 Å². The van der Waals surface area contributed by atoms with Crippen molar-refractivity contribution in [2.45, 2.75) is 6.61 Å². The number of benzene rings is 1. The molecule has 6 nitrogen and oxygen atoms in total. The van der Waals surface area contributed by atoms with Crippen LogP contribution in [0.5, 0.6) is 5.88 Å². The maximum absolute atomic E-state index is 10.7. The zero-order valence-corrected chi connectivity index (χ0v) is 10.1. The van der Waals surface area contributed by atoms with Crippen molar-refractivity contribution in [3.8, 4) is 5.88 Å². The van der Waals surface area contributed by atoms with E-state index in [9.17, 15) is 4.79 Å². The number of nitrogens with zero attached hydrogens (tertiary/aromatic N) is 2. The van der Waals surface area contributed by atoms with E-state index in [1.54, 1.807) is 0 Å². The van der Waals surface area contributed by atoms with E-state index in [4.69, 9.17) is 9.84 Å². The topological polar surface area (TPSA) is 88.1 Å². The number of aromatic nitrogens is 3. The first kappa shape index (κ1) is 11.6. The number of halogens is 1. The molecule has 0 radical (unpaired) electrons. The maximum Gasteiger partial charge on any atom is 0.362 e. The molecule has 0 saturated carbocycles. The van der Waals surface area contributed by atoms with Gasteiger partial charge in [-0.25, -0.2) is 9.89 Å².